The normalized spacial score (nSPS) is 22.2. The molecule has 8 rings (SSSR count). The number of carbonyl (C=O) groups is 1. The zero-order chi connectivity index (χ0) is 26.8. The lowest BCUT2D eigenvalue weighted by Crippen LogP contribution is -2.57. The van der Waals surface area contributed by atoms with Crippen LogP contribution in [0.1, 0.15) is 54.5 Å². The largest absolute Gasteiger partial charge is 0.339 e. The number of hydrogen-bond acceptors (Lipinski definition) is 5. The zero-order valence-corrected chi connectivity index (χ0v) is 22.5. The van der Waals surface area contributed by atoms with Gasteiger partial charge < -0.3 is 9.80 Å². The molecule has 204 valence electrons. The first-order chi connectivity index (χ1) is 19.6. The van der Waals surface area contributed by atoms with Gasteiger partial charge in [-0.25, -0.2) is 4.39 Å². The maximum atomic E-state index is 14.2. The number of benzene rings is 3. The predicted octanol–water partition coefficient (Wildman–Crippen LogP) is 4.89. The number of amides is 1. The number of piperidine rings is 1. The fourth-order valence-electron chi connectivity index (χ4n) is 7.35. The van der Waals surface area contributed by atoms with Gasteiger partial charge in [0.1, 0.15) is 11.4 Å². The van der Waals surface area contributed by atoms with Crippen molar-refractivity contribution in [3.05, 3.63) is 89.5 Å². The van der Waals surface area contributed by atoms with E-state index in [0.29, 0.717) is 31.7 Å². The van der Waals surface area contributed by atoms with Crippen molar-refractivity contribution in [2.45, 2.75) is 56.1 Å². The number of hydrogen-bond donors (Lipinski definition) is 0. The minimum atomic E-state index is -0.618. The third kappa shape index (κ3) is 3.84. The van der Waals surface area contributed by atoms with Crippen molar-refractivity contribution in [1.82, 2.24) is 24.8 Å². The number of halogens is 1. The van der Waals surface area contributed by atoms with Crippen molar-refractivity contribution in [1.29, 1.82) is 0 Å². The van der Waals surface area contributed by atoms with Crippen molar-refractivity contribution in [2.75, 3.05) is 31.2 Å². The summed E-state index contributed by atoms with van der Waals surface area (Å²) in [6, 6.07) is 20.2. The fourth-order valence-corrected chi connectivity index (χ4v) is 7.35. The van der Waals surface area contributed by atoms with Crippen LogP contribution in [0.3, 0.4) is 0 Å². The van der Waals surface area contributed by atoms with Crippen molar-refractivity contribution in [3.63, 3.8) is 0 Å². The van der Waals surface area contributed by atoms with Crippen LogP contribution < -0.4 is 4.90 Å². The van der Waals surface area contributed by atoms with Gasteiger partial charge >= 0.3 is 0 Å². The number of likely N-dealkylation sites (tertiary alicyclic amines) is 1. The van der Waals surface area contributed by atoms with E-state index >= 15 is 0 Å². The summed E-state index contributed by atoms with van der Waals surface area (Å²) in [5.74, 6) is 0.475. The minimum absolute atomic E-state index is 0.177. The van der Waals surface area contributed by atoms with Gasteiger partial charge in [0.25, 0.3) is 0 Å². The summed E-state index contributed by atoms with van der Waals surface area (Å²) in [6.07, 6.45) is 6.93. The predicted molar refractivity (Wildman–Crippen MR) is 151 cm³/mol. The molecule has 0 unspecified atom stereocenters. The second-order valence-electron chi connectivity index (χ2n) is 11.9. The third-order valence-corrected chi connectivity index (χ3v) is 9.66. The number of carbonyl (C=O) groups excluding carboxylic acids is 1. The van der Waals surface area contributed by atoms with Crippen LogP contribution in [0.15, 0.2) is 66.9 Å². The Morgan fingerprint density at radius 2 is 1.73 bits per heavy atom. The van der Waals surface area contributed by atoms with Gasteiger partial charge in [-0.2, -0.15) is 0 Å². The van der Waals surface area contributed by atoms with Crippen LogP contribution in [0, 0.1) is 5.82 Å². The molecule has 40 heavy (non-hydrogen) atoms. The third-order valence-electron chi connectivity index (χ3n) is 9.66. The maximum Gasteiger partial charge on any atom is 0.250 e. The second kappa shape index (κ2) is 9.13. The quantitative estimate of drug-likeness (QED) is 0.351. The Morgan fingerprint density at radius 1 is 0.950 bits per heavy atom. The number of aromatic nitrogens is 3. The van der Waals surface area contributed by atoms with Gasteiger partial charge in [-0.1, -0.05) is 41.6 Å². The highest BCUT2D eigenvalue weighted by Crippen LogP contribution is 2.45. The highest BCUT2D eigenvalue weighted by molar-refractivity contribution is 5.94. The van der Waals surface area contributed by atoms with E-state index in [1.165, 1.54) is 46.9 Å². The number of nitrogens with zero attached hydrogens (tertiary/aromatic N) is 6. The van der Waals surface area contributed by atoms with E-state index in [9.17, 15) is 9.18 Å². The molecule has 1 spiro atoms. The second-order valence-corrected chi connectivity index (χ2v) is 11.9. The van der Waals surface area contributed by atoms with Gasteiger partial charge in [-0.15, -0.1) is 5.10 Å². The SMILES string of the molecule is O=C1N(CCn2cc(C3CC3)nn2)CN(c2ccc(F)cc2)C12CCN([C@@H]1Cc3cccc4cccc1c34)CC2. The average Bonchev–Trinajstić information content (AvgIpc) is 3.52. The molecule has 1 saturated carbocycles. The molecule has 3 aromatic carbocycles. The summed E-state index contributed by atoms with van der Waals surface area (Å²) < 4.78 is 15.7. The van der Waals surface area contributed by atoms with Crippen molar-refractivity contribution in [2.24, 2.45) is 0 Å². The minimum Gasteiger partial charge on any atom is -0.339 e. The average molecular weight is 537 g/mol. The standard InChI is InChI=1S/C32H33FN6O/c33-25-9-11-26(12-10-25)39-21-37(17-18-38-20-28(34-35-38)22-7-8-22)31(40)32(39)13-15-36(16-14-32)29-19-24-5-1-3-23-4-2-6-27(29)30(23)24/h1-6,9-12,20,22,29H,7-8,13-19,21H2/t29-/m1/s1. The Balaban J connectivity index is 1.04. The van der Waals surface area contributed by atoms with E-state index in [4.69, 9.17) is 0 Å². The van der Waals surface area contributed by atoms with E-state index in [-0.39, 0.29) is 11.7 Å². The Hall–Kier alpha value is -3.78. The molecule has 7 nitrogen and oxygen atoms in total. The van der Waals surface area contributed by atoms with Crippen molar-refractivity contribution >= 4 is 22.4 Å². The van der Waals surface area contributed by atoms with Gasteiger partial charge in [-0.3, -0.25) is 14.4 Å². The molecule has 8 heteroatoms. The van der Waals surface area contributed by atoms with Gasteiger partial charge in [-0.05, 0) is 78.3 Å². The highest BCUT2D eigenvalue weighted by atomic mass is 19.1. The van der Waals surface area contributed by atoms with E-state index in [2.05, 4.69) is 56.5 Å². The molecule has 1 amide bonds. The number of anilines is 1. The van der Waals surface area contributed by atoms with Gasteiger partial charge in [0, 0.05) is 43.5 Å². The molecule has 3 heterocycles. The molecule has 2 saturated heterocycles. The molecule has 0 radical (unpaired) electrons. The summed E-state index contributed by atoms with van der Waals surface area (Å²) in [5.41, 5.74) is 4.19. The molecular formula is C32H33FN6O. The topological polar surface area (TPSA) is 57.5 Å². The molecule has 3 fully saturated rings. The molecule has 1 atom stereocenters. The van der Waals surface area contributed by atoms with Crippen molar-refractivity contribution < 1.29 is 9.18 Å². The lowest BCUT2D eigenvalue weighted by atomic mass is 9.84. The van der Waals surface area contributed by atoms with Crippen LogP contribution in [0.4, 0.5) is 10.1 Å². The maximum absolute atomic E-state index is 14.2. The molecule has 0 N–H and O–H groups in total. The molecule has 0 bridgehead atoms. The lowest BCUT2D eigenvalue weighted by molar-refractivity contribution is -0.134. The van der Waals surface area contributed by atoms with E-state index in [1.807, 2.05) is 27.9 Å². The summed E-state index contributed by atoms with van der Waals surface area (Å²) in [4.78, 5) is 21.0. The first-order valence-corrected chi connectivity index (χ1v) is 14.6. The summed E-state index contributed by atoms with van der Waals surface area (Å²) >= 11 is 0. The lowest BCUT2D eigenvalue weighted by Gasteiger charge is -2.45. The number of rotatable bonds is 6. The van der Waals surface area contributed by atoms with E-state index in [0.717, 1.165) is 43.7 Å². The van der Waals surface area contributed by atoms with Gasteiger partial charge in [0.15, 0.2) is 0 Å². The van der Waals surface area contributed by atoms with E-state index in [1.54, 1.807) is 0 Å². The van der Waals surface area contributed by atoms with Crippen molar-refractivity contribution in [3.8, 4) is 0 Å². The van der Waals surface area contributed by atoms with Crippen LogP contribution in [0.2, 0.25) is 0 Å². The Morgan fingerprint density at radius 3 is 2.50 bits per heavy atom. The van der Waals surface area contributed by atoms with Gasteiger partial charge in [0.2, 0.25) is 5.91 Å². The first kappa shape index (κ1) is 24.1. The monoisotopic (exact) mass is 536 g/mol. The Labute approximate surface area is 233 Å². The van der Waals surface area contributed by atoms with Crippen LogP contribution in [0.5, 0.6) is 0 Å². The van der Waals surface area contributed by atoms with Crippen LogP contribution in [-0.4, -0.2) is 62.5 Å². The summed E-state index contributed by atoms with van der Waals surface area (Å²) in [6.45, 7) is 3.40. The smallest absolute Gasteiger partial charge is 0.250 e. The first-order valence-electron chi connectivity index (χ1n) is 14.6. The molecule has 2 aliphatic heterocycles. The Bertz CT molecular complexity index is 1580. The fraction of sp³-hybridized carbons (Fsp3) is 0.406. The molecule has 4 aromatic rings. The molecule has 1 aromatic heterocycles. The van der Waals surface area contributed by atoms with Gasteiger partial charge in [0.05, 0.1) is 18.9 Å². The Kier molecular flexibility index (Phi) is 5.49. The summed E-state index contributed by atoms with van der Waals surface area (Å²) in [5, 5.41) is 11.4. The molecular weight excluding hydrogens is 503 g/mol. The molecule has 2 aliphatic carbocycles. The van der Waals surface area contributed by atoms with E-state index < -0.39 is 5.54 Å². The highest BCUT2D eigenvalue weighted by Gasteiger charge is 2.54. The zero-order valence-electron chi connectivity index (χ0n) is 22.5. The van der Waals surface area contributed by atoms with Crippen LogP contribution >= 0.6 is 0 Å². The summed E-state index contributed by atoms with van der Waals surface area (Å²) in [7, 11) is 0. The van der Waals surface area contributed by atoms with Crippen LogP contribution in [0.25, 0.3) is 10.8 Å². The van der Waals surface area contributed by atoms with Crippen LogP contribution in [-0.2, 0) is 17.8 Å². The molecule has 4 aliphatic rings.